The number of likely N-dealkylation sites (N-methyl/N-ethyl adjacent to an activating group) is 1. The topological polar surface area (TPSA) is 38.0 Å². The maximum atomic E-state index is 5.87. The molecule has 0 bridgehead atoms. The summed E-state index contributed by atoms with van der Waals surface area (Å²) >= 11 is 0. The van der Waals surface area contributed by atoms with E-state index in [4.69, 9.17) is 5.73 Å². The lowest BCUT2D eigenvalue weighted by Gasteiger charge is -2.40. The Morgan fingerprint density at radius 1 is 1.08 bits per heavy atom. The van der Waals surface area contributed by atoms with Crippen LogP contribution in [0.5, 0.6) is 0 Å². The normalized spacial score (nSPS) is 29.1. The van der Waals surface area contributed by atoms with Crippen molar-refractivity contribution in [2.75, 3.05) is 13.1 Å². The molecule has 0 aromatic rings. The molecule has 2 nitrogen and oxygen atoms in total. The lowest BCUT2D eigenvalue weighted by Crippen LogP contribution is -2.53. The van der Waals surface area contributed by atoms with Gasteiger partial charge < -0.3 is 11.1 Å². The van der Waals surface area contributed by atoms with E-state index in [2.05, 4.69) is 12.2 Å². The van der Waals surface area contributed by atoms with Crippen molar-refractivity contribution in [3.05, 3.63) is 0 Å². The van der Waals surface area contributed by atoms with Crippen LogP contribution in [0.1, 0.15) is 45.4 Å². The van der Waals surface area contributed by atoms with Gasteiger partial charge in [-0.15, -0.1) is 0 Å². The van der Waals surface area contributed by atoms with E-state index in [9.17, 15) is 0 Å². The Hall–Kier alpha value is -0.0800. The first-order valence-corrected chi connectivity index (χ1v) is 5.69. The van der Waals surface area contributed by atoms with E-state index in [0.717, 1.165) is 18.5 Å². The molecule has 0 saturated heterocycles. The zero-order chi connectivity index (χ0) is 9.36. The van der Waals surface area contributed by atoms with E-state index >= 15 is 0 Å². The molecule has 0 amide bonds. The molecule has 1 spiro atoms. The van der Waals surface area contributed by atoms with Gasteiger partial charge in [0.25, 0.3) is 0 Å². The van der Waals surface area contributed by atoms with E-state index < -0.39 is 0 Å². The van der Waals surface area contributed by atoms with Crippen LogP contribution in [-0.2, 0) is 0 Å². The van der Waals surface area contributed by atoms with Crippen molar-refractivity contribution in [2.24, 2.45) is 11.1 Å². The Bertz CT molecular complexity index is 175. The smallest absolute Gasteiger partial charge is 0.0304 e. The molecule has 2 rings (SSSR count). The fraction of sp³-hybridized carbons (Fsp3) is 1.00. The van der Waals surface area contributed by atoms with Gasteiger partial charge in [0.2, 0.25) is 0 Å². The van der Waals surface area contributed by atoms with Crippen LogP contribution < -0.4 is 11.1 Å². The van der Waals surface area contributed by atoms with Gasteiger partial charge in [-0.3, -0.25) is 0 Å². The van der Waals surface area contributed by atoms with Crippen molar-refractivity contribution in [1.29, 1.82) is 0 Å². The summed E-state index contributed by atoms with van der Waals surface area (Å²) in [7, 11) is 0. The SMILES string of the molecule is CCNC1(CN)CCC2(CC2)CC1. The van der Waals surface area contributed by atoms with Gasteiger partial charge in [-0.05, 0) is 50.5 Å². The quantitative estimate of drug-likeness (QED) is 0.696. The summed E-state index contributed by atoms with van der Waals surface area (Å²) in [6.07, 6.45) is 8.41. The molecule has 76 valence electrons. The second kappa shape index (κ2) is 3.25. The van der Waals surface area contributed by atoms with Gasteiger partial charge >= 0.3 is 0 Å². The van der Waals surface area contributed by atoms with E-state index in [1.54, 1.807) is 0 Å². The van der Waals surface area contributed by atoms with Crippen molar-refractivity contribution < 1.29 is 0 Å². The van der Waals surface area contributed by atoms with Crippen LogP contribution in [0.3, 0.4) is 0 Å². The molecule has 2 heteroatoms. The molecule has 2 aliphatic rings. The van der Waals surface area contributed by atoms with Crippen LogP contribution in [0, 0.1) is 5.41 Å². The van der Waals surface area contributed by atoms with Crippen LogP contribution >= 0.6 is 0 Å². The number of nitrogens with two attached hydrogens (primary N) is 1. The lowest BCUT2D eigenvalue weighted by atomic mass is 9.74. The van der Waals surface area contributed by atoms with Crippen LogP contribution in [0.4, 0.5) is 0 Å². The molecule has 0 atom stereocenters. The molecule has 0 aromatic carbocycles. The van der Waals surface area contributed by atoms with Crippen molar-refractivity contribution in [2.45, 2.75) is 51.0 Å². The standard InChI is InChI=1S/C11H22N2/c1-2-13-11(9-12)7-5-10(3-4-10)6-8-11/h13H,2-9,12H2,1H3. The molecule has 0 aliphatic heterocycles. The third-order valence-electron chi connectivity index (χ3n) is 4.17. The van der Waals surface area contributed by atoms with Crippen molar-refractivity contribution >= 4 is 0 Å². The highest BCUT2D eigenvalue weighted by molar-refractivity contribution is 5.03. The first kappa shape index (κ1) is 9.47. The molecule has 3 N–H and O–H groups in total. The lowest BCUT2D eigenvalue weighted by molar-refractivity contribution is 0.184. The maximum Gasteiger partial charge on any atom is 0.0304 e. The predicted octanol–water partition coefficient (Wildman–Crippen LogP) is 1.65. The Morgan fingerprint density at radius 3 is 2.00 bits per heavy atom. The highest BCUT2D eigenvalue weighted by Crippen LogP contribution is 2.57. The summed E-state index contributed by atoms with van der Waals surface area (Å²) in [6, 6.07) is 0. The molecule has 13 heavy (non-hydrogen) atoms. The summed E-state index contributed by atoms with van der Waals surface area (Å²) in [6.45, 7) is 4.06. The highest BCUT2D eigenvalue weighted by Gasteiger charge is 2.48. The molecular formula is C11H22N2. The predicted molar refractivity (Wildman–Crippen MR) is 55.6 cm³/mol. The van der Waals surface area contributed by atoms with Gasteiger partial charge in [-0.1, -0.05) is 6.92 Å². The first-order valence-electron chi connectivity index (χ1n) is 5.69. The van der Waals surface area contributed by atoms with E-state index in [1.165, 1.54) is 38.5 Å². The number of hydrogen-bond donors (Lipinski definition) is 2. The van der Waals surface area contributed by atoms with Gasteiger partial charge in [-0.2, -0.15) is 0 Å². The van der Waals surface area contributed by atoms with Gasteiger partial charge in [0, 0.05) is 12.1 Å². The first-order chi connectivity index (χ1) is 6.24. The summed E-state index contributed by atoms with van der Waals surface area (Å²) < 4.78 is 0. The third-order valence-corrected chi connectivity index (χ3v) is 4.17. The molecule has 0 heterocycles. The number of hydrogen-bond acceptors (Lipinski definition) is 2. The minimum Gasteiger partial charge on any atom is -0.329 e. The summed E-state index contributed by atoms with van der Waals surface area (Å²) in [5.74, 6) is 0. The van der Waals surface area contributed by atoms with E-state index in [1.807, 2.05) is 0 Å². The zero-order valence-corrected chi connectivity index (χ0v) is 8.73. The zero-order valence-electron chi connectivity index (χ0n) is 8.73. The van der Waals surface area contributed by atoms with Crippen molar-refractivity contribution in [1.82, 2.24) is 5.32 Å². The van der Waals surface area contributed by atoms with Crippen LogP contribution in [0.15, 0.2) is 0 Å². The summed E-state index contributed by atoms with van der Waals surface area (Å²) in [5, 5.41) is 3.59. The van der Waals surface area contributed by atoms with Crippen molar-refractivity contribution in [3.8, 4) is 0 Å². The van der Waals surface area contributed by atoms with Crippen molar-refractivity contribution in [3.63, 3.8) is 0 Å². The molecular weight excluding hydrogens is 160 g/mol. The van der Waals surface area contributed by atoms with E-state index in [-0.39, 0.29) is 0 Å². The molecule has 0 radical (unpaired) electrons. The second-order valence-electron chi connectivity index (χ2n) is 5.01. The minimum absolute atomic E-state index is 0.294. The summed E-state index contributed by atoms with van der Waals surface area (Å²) in [4.78, 5) is 0. The second-order valence-corrected chi connectivity index (χ2v) is 5.01. The molecule has 2 saturated carbocycles. The average Bonchev–Trinajstić information content (AvgIpc) is 2.91. The largest absolute Gasteiger partial charge is 0.329 e. The van der Waals surface area contributed by atoms with Crippen LogP contribution in [0.2, 0.25) is 0 Å². The van der Waals surface area contributed by atoms with Crippen LogP contribution in [-0.4, -0.2) is 18.6 Å². The molecule has 0 aromatic heterocycles. The fourth-order valence-corrected chi connectivity index (χ4v) is 2.76. The van der Waals surface area contributed by atoms with Gasteiger partial charge in [0.05, 0.1) is 0 Å². The van der Waals surface area contributed by atoms with E-state index in [0.29, 0.717) is 5.54 Å². The highest BCUT2D eigenvalue weighted by atomic mass is 15.0. The Morgan fingerprint density at radius 2 is 1.62 bits per heavy atom. The number of rotatable bonds is 3. The fourth-order valence-electron chi connectivity index (χ4n) is 2.76. The van der Waals surface area contributed by atoms with Gasteiger partial charge in [0.1, 0.15) is 0 Å². The Labute approximate surface area is 81.3 Å². The molecule has 0 unspecified atom stereocenters. The average molecular weight is 182 g/mol. The Kier molecular flexibility index (Phi) is 2.37. The third kappa shape index (κ3) is 1.75. The molecule has 2 fully saturated rings. The number of nitrogens with one attached hydrogen (secondary N) is 1. The van der Waals surface area contributed by atoms with Crippen LogP contribution in [0.25, 0.3) is 0 Å². The minimum atomic E-state index is 0.294. The van der Waals surface area contributed by atoms with Gasteiger partial charge in [-0.25, -0.2) is 0 Å². The monoisotopic (exact) mass is 182 g/mol. The van der Waals surface area contributed by atoms with Gasteiger partial charge in [0.15, 0.2) is 0 Å². The molecule has 2 aliphatic carbocycles. The summed E-state index contributed by atoms with van der Waals surface area (Å²) in [5.41, 5.74) is 6.95. The maximum absolute atomic E-state index is 5.87. The Balaban J connectivity index is 1.92.